The van der Waals surface area contributed by atoms with E-state index in [9.17, 15) is 4.79 Å². The van der Waals surface area contributed by atoms with Crippen LogP contribution in [0.5, 0.6) is 11.5 Å². The lowest BCUT2D eigenvalue weighted by molar-refractivity contribution is -0.147. The zero-order valence-electron chi connectivity index (χ0n) is 9.36. The number of carbonyl (C=O) groups is 1. The van der Waals surface area contributed by atoms with Crippen molar-refractivity contribution in [3.63, 3.8) is 0 Å². The van der Waals surface area contributed by atoms with Gasteiger partial charge in [-0.25, -0.2) is 4.79 Å². The Morgan fingerprint density at radius 3 is 3.06 bits per heavy atom. The number of benzene rings is 1. The lowest BCUT2D eigenvalue weighted by atomic mass is 10.1. The zero-order valence-corrected chi connectivity index (χ0v) is 9.36. The molecule has 1 aromatic carbocycles. The van der Waals surface area contributed by atoms with Crippen molar-refractivity contribution in [2.45, 2.75) is 19.4 Å². The number of methoxy groups -OCH3 is 1. The summed E-state index contributed by atoms with van der Waals surface area (Å²) in [7, 11) is 1.36. The number of rotatable bonds is 3. The Morgan fingerprint density at radius 1 is 1.56 bits per heavy atom. The highest BCUT2D eigenvalue weighted by Crippen LogP contribution is 2.32. The second-order valence-electron chi connectivity index (χ2n) is 3.54. The number of esters is 1. The van der Waals surface area contributed by atoms with Crippen LogP contribution in [0.4, 0.5) is 0 Å². The number of hydrogen-bond acceptors (Lipinski definition) is 4. The third-order valence-corrected chi connectivity index (χ3v) is 2.48. The van der Waals surface area contributed by atoms with Crippen molar-refractivity contribution < 1.29 is 19.0 Å². The lowest BCUT2D eigenvalue weighted by Crippen LogP contribution is -2.26. The molecule has 1 aliphatic rings. The van der Waals surface area contributed by atoms with Crippen LogP contribution < -0.4 is 9.47 Å². The Hall–Kier alpha value is -1.71. The van der Waals surface area contributed by atoms with E-state index in [4.69, 9.17) is 9.47 Å². The van der Waals surface area contributed by atoms with Crippen molar-refractivity contribution in [2.75, 3.05) is 13.7 Å². The highest BCUT2D eigenvalue weighted by Gasteiger charge is 2.29. The van der Waals surface area contributed by atoms with E-state index >= 15 is 0 Å². The van der Waals surface area contributed by atoms with Crippen LogP contribution in [0.3, 0.4) is 0 Å². The SMILES string of the molecule is CCOc1ccc2c(c1)CC(C(=O)OC)O2. The maximum absolute atomic E-state index is 11.3. The normalized spacial score (nSPS) is 17.5. The summed E-state index contributed by atoms with van der Waals surface area (Å²) in [4.78, 5) is 11.3. The quantitative estimate of drug-likeness (QED) is 0.728. The molecule has 2 rings (SSSR count). The summed E-state index contributed by atoms with van der Waals surface area (Å²) in [6.45, 7) is 2.56. The van der Waals surface area contributed by atoms with Crippen LogP contribution in [-0.2, 0) is 16.0 Å². The van der Waals surface area contributed by atoms with Gasteiger partial charge < -0.3 is 14.2 Å². The Balaban J connectivity index is 2.15. The predicted octanol–water partition coefficient (Wildman–Crippen LogP) is 1.56. The minimum atomic E-state index is -0.517. The molecule has 4 nitrogen and oxygen atoms in total. The smallest absolute Gasteiger partial charge is 0.347 e. The van der Waals surface area contributed by atoms with E-state index in [0.29, 0.717) is 13.0 Å². The predicted molar refractivity (Wildman–Crippen MR) is 57.7 cm³/mol. The van der Waals surface area contributed by atoms with E-state index in [1.807, 2.05) is 25.1 Å². The zero-order chi connectivity index (χ0) is 11.5. The number of hydrogen-bond donors (Lipinski definition) is 0. The van der Waals surface area contributed by atoms with E-state index in [1.165, 1.54) is 7.11 Å². The average Bonchev–Trinajstić information content (AvgIpc) is 2.71. The summed E-state index contributed by atoms with van der Waals surface area (Å²) >= 11 is 0. The molecular weight excluding hydrogens is 208 g/mol. The van der Waals surface area contributed by atoms with Gasteiger partial charge in [0, 0.05) is 12.0 Å². The Labute approximate surface area is 94.1 Å². The summed E-state index contributed by atoms with van der Waals surface area (Å²) in [6.07, 6.45) is 0.0278. The van der Waals surface area contributed by atoms with Gasteiger partial charge >= 0.3 is 5.97 Å². The molecule has 0 N–H and O–H groups in total. The van der Waals surface area contributed by atoms with Gasteiger partial charge in [-0.3, -0.25) is 0 Å². The first-order valence-corrected chi connectivity index (χ1v) is 5.24. The van der Waals surface area contributed by atoms with Gasteiger partial charge in [0.1, 0.15) is 11.5 Å². The molecule has 4 heteroatoms. The maximum atomic E-state index is 11.3. The first-order valence-electron chi connectivity index (χ1n) is 5.24. The fraction of sp³-hybridized carbons (Fsp3) is 0.417. The molecule has 0 aromatic heterocycles. The number of carbonyl (C=O) groups excluding carboxylic acids is 1. The summed E-state index contributed by atoms with van der Waals surface area (Å²) in [5.41, 5.74) is 0.987. The van der Waals surface area contributed by atoms with Gasteiger partial charge in [-0.2, -0.15) is 0 Å². The van der Waals surface area contributed by atoms with Crippen LogP contribution in [0.15, 0.2) is 18.2 Å². The largest absolute Gasteiger partial charge is 0.494 e. The molecule has 0 fully saturated rings. The molecular formula is C12H14O4. The van der Waals surface area contributed by atoms with Gasteiger partial charge in [-0.15, -0.1) is 0 Å². The molecule has 0 aliphatic carbocycles. The molecule has 0 saturated carbocycles. The summed E-state index contributed by atoms with van der Waals surface area (Å²) in [6, 6.07) is 5.56. The molecule has 0 bridgehead atoms. The molecule has 16 heavy (non-hydrogen) atoms. The molecule has 0 spiro atoms. The summed E-state index contributed by atoms with van der Waals surface area (Å²) < 4.78 is 15.5. The van der Waals surface area contributed by atoms with E-state index in [1.54, 1.807) is 0 Å². The third-order valence-electron chi connectivity index (χ3n) is 2.48. The molecule has 1 unspecified atom stereocenters. The van der Waals surface area contributed by atoms with Gasteiger partial charge in [0.15, 0.2) is 6.10 Å². The highest BCUT2D eigenvalue weighted by atomic mass is 16.6. The van der Waals surface area contributed by atoms with Crippen LogP contribution in [-0.4, -0.2) is 25.8 Å². The maximum Gasteiger partial charge on any atom is 0.347 e. The molecule has 0 saturated heterocycles. The van der Waals surface area contributed by atoms with E-state index in [-0.39, 0.29) is 5.97 Å². The first-order chi connectivity index (χ1) is 7.74. The van der Waals surface area contributed by atoms with Crippen molar-refractivity contribution in [2.24, 2.45) is 0 Å². The van der Waals surface area contributed by atoms with Crippen molar-refractivity contribution in [1.82, 2.24) is 0 Å². The monoisotopic (exact) mass is 222 g/mol. The number of fused-ring (bicyclic) bond motifs is 1. The summed E-state index contributed by atoms with van der Waals surface area (Å²) in [5.74, 6) is 1.20. The van der Waals surface area contributed by atoms with E-state index in [2.05, 4.69) is 4.74 Å². The van der Waals surface area contributed by atoms with Crippen molar-refractivity contribution in [3.8, 4) is 11.5 Å². The summed E-state index contributed by atoms with van der Waals surface area (Å²) in [5, 5.41) is 0. The van der Waals surface area contributed by atoms with Gasteiger partial charge in [0.25, 0.3) is 0 Å². The molecule has 0 radical (unpaired) electrons. The van der Waals surface area contributed by atoms with Crippen LogP contribution >= 0.6 is 0 Å². The van der Waals surface area contributed by atoms with Crippen LogP contribution in [0.25, 0.3) is 0 Å². The van der Waals surface area contributed by atoms with Crippen molar-refractivity contribution in [1.29, 1.82) is 0 Å². The molecule has 0 amide bonds. The second kappa shape index (κ2) is 4.43. The van der Waals surface area contributed by atoms with Crippen LogP contribution in [0, 0.1) is 0 Å². The Bertz CT molecular complexity index is 400. The van der Waals surface area contributed by atoms with E-state index in [0.717, 1.165) is 17.1 Å². The minimum absolute atomic E-state index is 0.339. The van der Waals surface area contributed by atoms with Gasteiger partial charge in [-0.05, 0) is 25.1 Å². The van der Waals surface area contributed by atoms with Gasteiger partial charge in [-0.1, -0.05) is 0 Å². The van der Waals surface area contributed by atoms with Crippen LogP contribution in [0.2, 0.25) is 0 Å². The third kappa shape index (κ3) is 1.96. The highest BCUT2D eigenvalue weighted by molar-refractivity contribution is 5.76. The standard InChI is InChI=1S/C12H14O4/c1-3-15-9-4-5-10-8(6-9)7-11(16-10)12(13)14-2/h4-6,11H,3,7H2,1-2H3. The average molecular weight is 222 g/mol. The van der Waals surface area contributed by atoms with Crippen molar-refractivity contribution in [3.05, 3.63) is 23.8 Å². The van der Waals surface area contributed by atoms with Gasteiger partial charge in [0.2, 0.25) is 0 Å². The first kappa shape index (κ1) is 10.8. The van der Waals surface area contributed by atoms with Gasteiger partial charge in [0.05, 0.1) is 13.7 Å². The van der Waals surface area contributed by atoms with E-state index < -0.39 is 6.10 Å². The lowest BCUT2D eigenvalue weighted by Gasteiger charge is -2.07. The fourth-order valence-electron chi connectivity index (χ4n) is 1.74. The topological polar surface area (TPSA) is 44.8 Å². The number of ether oxygens (including phenoxy) is 3. The van der Waals surface area contributed by atoms with Crippen molar-refractivity contribution >= 4 is 5.97 Å². The Kier molecular flexibility index (Phi) is 2.99. The molecule has 1 aliphatic heterocycles. The molecule has 86 valence electrons. The molecule has 1 heterocycles. The second-order valence-corrected chi connectivity index (χ2v) is 3.54. The molecule has 1 atom stereocenters. The molecule has 1 aromatic rings. The fourth-order valence-corrected chi connectivity index (χ4v) is 1.74. The Morgan fingerprint density at radius 2 is 2.38 bits per heavy atom. The van der Waals surface area contributed by atoms with Crippen LogP contribution in [0.1, 0.15) is 12.5 Å². The minimum Gasteiger partial charge on any atom is -0.494 e.